The van der Waals surface area contributed by atoms with Gasteiger partial charge in [0.05, 0.1) is 5.69 Å². The van der Waals surface area contributed by atoms with E-state index in [1.54, 1.807) is 23.3 Å². The van der Waals surface area contributed by atoms with E-state index >= 15 is 0 Å². The van der Waals surface area contributed by atoms with Gasteiger partial charge in [0.1, 0.15) is 24.3 Å². The zero-order valence-electron chi connectivity index (χ0n) is 16.2. The van der Waals surface area contributed by atoms with Crippen LogP contribution in [0.3, 0.4) is 0 Å². The largest absolute Gasteiger partial charge is 0.573 e. The van der Waals surface area contributed by atoms with E-state index in [1.165, 1.54) is 29.4 Å². The number of anilines is 2. The molecule has 1 fully saturated rings. The fourth-order valence-electron chi connectivity index (χ4n) is 3.16. The van der Waals surface area contributed by atoms with E-state index < -0.39 is 18.1 Å². The van der Waals surface area contributed by atoms with Gasteiger partial charge in [-0.2, -0.15) is 0 Å². The number of piperazine rings is 1. The molecule has 0 unspecified atom stereocenters. The first-order valence-electron chi connectivity index (χ1n) is 9.35. The molecule has 4 rings (SSSR count). The molecule has 0 saturated carbocycles. The Hall–Kier alpha value is -3.83. The molecule has 12 heteroatoms. The van der Waals surface area contributed by atoms with Gasteiger partial charge in [0.2, 0.25) is 0 Å². The Kier molecular flexibility index (Phi) is 5.60. The summed E-state index contributed by atoms with van der Waals surface area (Å²) >= 11 is 0. The van der Waals surface area contributed by atoms with Crippen LogP contribution in [0.1, 0.15) is 0 Å². The highest BCUT2D eigenvalue weighted by molar-refractivity contribution is 5.91. The van der Waals surface area contributed by atoms with Crippen LogP contribution in [0.5, 0.6) is 5.75 Å². The zero-order chi connectivity index (χ0) is 21.8. The number of halogens is 3. The normalized spacial score (nSPS) is 14.4. The number of amides is 2. The molecule has 0 radical (unpaired) electrons. The fourth-order valence-corrected chi connectivity index (χ4v) is 3.16. The molecule has 1 aliphatic rings. The van der Waals surface area contributed by atoms with Crippen LogP contribution in [0.15, 0.2) is 55.4 Å². The van der Waals surface area contributed by atoms with Crippen LogP contribution in [0.2, 0.25) is 0 Å². The van der Waals surface area contributed by atoms with Crippen LogP contribution < -0.4 is 15.0 Å². The van der Waals surface area contributed by atoms with Gasteiger partial charge in [0.25, 0.3) is 0 Å². The molecule has 31 heavy (non-hydrogen) atoms. The first-order valence-corrected chi connectivity index (χ1v) is 9.35. The summed E-state index contributed by atoms with van der Waals surface area (Å²) < 4.78 is 43.4. The Balaban J connectivity index is 1.38. The van der Waals surface area contributed by atoms with E-state index in [1.807, 2.05) is 11.0 Å². The van der Waals surface area contributed by atoms with E-state index in [0.29, 0.717) is 37.8 Å². The van der Waals surface area contributed by atoms with Crippen LogP contribution in [0.25, 0.3) is 5.82 Å². The highest BCUT2D eigenvalue weighted by atomic mass is 19.4. The number of imidazole rings is 1. The Morgan fingerprint density at radius 3 is 2.52 bits per heavy atom. The van der Waals surface area contributed by atoms with Crippen LogP contribution in [0.4, 0.5) is 29.5 Å². The molecule has 2 aromatic heterocycles. The number of alkyl halides is 3. The van der Waals surface area contributed by atoms with Crippen LogP contribution in [-0.2, 0) is 0 Å². The summed E-state index contributed by atoms with van der Waals surface area (Å²) in [4.78, 5) is 28.6. The molecule has 3 aromatic rings. The van der Waals surface area contributed by atoms with Crippen molar-refractivity contribution in [1.82, 2.24) is 24.4 Å². The average molecular weight is 433 g/mol. The lowest BCUT2D eigenvalue weighted by Crippen LogP contribution is -2.50. The molecule has 2 amide bonds. The van der Waals surface area contributed by atoms with Crippen molar-refractivity contribution in [2.75, 3.05) is 36.4 Å². The monoisotopic (exact) mass is 433 g/mol. The minimum absolute atomic E-state index is 0.0481. The first-order chi connectivity index (χ1) is 14.9. The summed E-state index contributed by atoms with van der Waals surface area (Å²) in [5, 5.41) is 2.49. The molecular formula is C19H18F3N7O2. The van der Waals surface area contributed by atoms with Gasteiger partial charge in [-0.1, -0.05) is 12.1 Å². The molecule has 0 bridgehead atoms. The van der Waals surface area contributed by atoms with Crippen molar-refractivity contribution in [1.29, 1.82) is 0 Å². The van der Waals surface area contributed by atoms with E-state index in [-0.39, 0.29) is 5.69 Å². The van der Waals surface area contributed by atoms with Crippen LogP contribution in [0, 0.1) is 0 Å². The topological polar surface area (TPSA) is 88.4 Å². The molecule has 9 nitrogen and oxygen atoms in total. The lowest BCUT2D eigenvalue weighted by Gasteiger charge is -2.35. The van der Waals surface area contributed by atoms with Gasteiger partial charge in [-0.15, -0.1) is 13.2 Å². The van der Waals surface area contributed by atoms with Gasteiger partial charge in [-0.25, -0.2) is 19.7 Å². The summed E-state index contributed by atoms with van der Waals surface area (Å²) in [6, 6.07) is 6.74. The molecule has 0 atom stereocenters. The van der Waals surface area contributed by atoms with Crippen LogP contribution in [-0.4, -0.2) is 63.0 Å². The van der Waals surface area contributed by atoms with E-state index in [4.69, 9.17) is 0 Å². The Labute approximate surface area is 175 Å². The highest BCUT2D eigenvalue weighted by Crippen LogP contribution is 2.30. The van der Waals surface area contributed by atoms with E-state index in [2.05, 4.69) is 25.0 Å². The molecule has 162 valence electrons. The quantitative estimate of drug-likeness (QED) is 0.681. The minimum Gasteiger partial charge on any atom is -0.404 e. The molecule has 1 saturated heterocycles. The SMILES string of the molecule is O=C(Nc1ccccc1OC(F)(F)F)N1CCN(c2cc(-n3ccnc3)ncn2)CC1. The molecular weight excluding hydrogens is 415 g/mol. The Morgan fingerprint density at radius 1 is 1.06 bits per heavy atom. The number of benzene rings is 1. The summed E-state index contributed by atoms with van der Waals surface area (Å²) in [6.07, 6.45) is 1.67. The number of urea groups is 1. The highest BCUT2D eigenvalue weighted by Gasteiger charge is 2.32. The molecule has 1 aliphatic heterocycles. The van der Waals surface area contributed by atoms with E-state index in [0.717, 1.165) is 6.07 Å². The standard InChI is InChI=1S/C19H18F3N7O2/c20-19(21,22)31-15-4-2-1-3-14(15)26-18(30)28-9-7-27(8-10-28)16-11-17(25-12-24-16)29-6-5-23-13-29/h1-6,11-13H,7-10H2,(H,26,30). The summed E-state index contributed by atoms with van der Waals surface area (Å²) in [6.45, 7) is 1.76. The summed E-state index contributed by atoms with van der Waals surface area (Å²) in [5.74, 6) is 0.918. The Bertz CT molecular complexity index is 1030. The average Bonchev–Trinajstić information content (AvgIpc) is 3.29. The smallest absolute Gasteiger partial charge is 0.404 e. The van der Waals surface area contributed by atoms with Crippen LogP contribution >= 0.6 is 0 Å². The molecule has 3 heterocycles. The van der Waals surface area contributed by atoms with Crippen molar-refractivity contribution in [2.24, 2.45) is 0 Å². The van der Waals surface area contributed by atoms with Gasteiger partial charge in [-0.05, 0) is 12.1 Å². The maximum absolute atomic E-state index is 12.6. The lowest BCUT2D eigenvalue weighted by atomic mass is 10.3. The number of carbonyl (C=O) groups is 1. The minimum atomic E-state index is -4.85. The number of nitrogens with one attached hydrogen (secondary N) is 1. The number of carbonyl (C=O) groups excluding carboxylic acids is 1. The van der Waals surface area contributed by atoms with Crippen molar-refractivity contribution in [3.63, 3.8) is 0 Å². The number of hydrogen-bond acceptors (Lipinski definition) is 6. The summed E-state index contributed by atoms with van der Waals surface area (Å²) in [7, 11) is 0. The van der Waals surface area contributed by atoms with Gasteiger partial charge in [-0.3, -0.25) is 4.57 Å². The first kappa shape index (κ1) is 20.4. The molecule has 1 N–H and O–H groups in total. The second-order valence-corrected chi connectivity index (χ2v) is 6.65. The third-order valence-corrected chi connectivity index (χ3v) is 4.65. The van der Waals surface area contributed by atoms with Crippen molar-refractivity contribution in [2.45, 2.75) is 6.36 Å². The number of rotatable bonds is 4. The maximum Gasteiger partial charge on any atom is 0.573 e. The number of para-hydroxylation sites is 2. The van der Waals surface area contributed by atoms with Gasteiger partial charge >= 0.3 is 12.4 Å². The third-order valence-electron chi connectivity index (χ3n) is 4.65. The maximum atomic E-state index is 12.6. The lowest BCUT2D eigenvalue weighted by molar-refractivity contribution is -0.274. The molecule has 0 aliphatic carbocycles. The third kappa shape index (κ3) is 5.02. The number of hydrogen-bond donors (Lipinski definition) is 1. The van der Waals surface area contributed by atoms with Crippen molar-refractivity contribution in [3.05, 3.63) is 55.4 Å². The van der Waals surface area contributed by atoms with E-state index in [9.17, 15) is 18.0 Å². The Morgan fingerprint density at radius 2 is 1.81 bits per heavy atom. The van der Waals surface area contributed by atoms with Gasteiger partial charge in [0, 0.05) is 44.6 Å². The second kappa shape index (κ2) is 8.50. The number of nitrogens with zero attached hydrogens (tertiary/aromatic N) is 6. The molecule has 0 spiro atoms. The van der Waals surface area contributed by atoms with Gasteiger partial charge in [0.15, 0.2) is 5.75 Å². The number of aromatic nitrogens is 4. The predicted molar refractivity (Wildman–Crippen MR) is 105 cm³/mol. The predicted octanol–water partition coefficient (Wildman–Crippen LogP) is 2.92. The zero-order valence-corrected chi connectivity index (χ0v) is 16.2. The van der Waals surface area contributed by atoms with Crippen molar-refractivity contribution < 1.29 is 22.7 Å². The molecule has 1 aromatic carbocycles. The van der Waals surface area contributed by atoms with Gasteiger partial charge < -0.3 is 19.9 Å². The van der Waals surface area contributed by atoms with Crippen molar-refractivity contribution in [3.8, 4) is 11.6 Å². The summed E-state index contributed by atoms with van der Waals surface area (Å²) in [5.41, 5.74) is -0.0481. The number of ether oxygens (including phenoxy) is 1. The fraction of sp³-hybridized carbons (Fsp3) is 0.263. The second-order valence-electron chi connectivity index (χ2n) is 6.65. The van der Waals surface area contributed by atoms with Crippen molar-refractivity contribution >= 4 is 17.5 Å².